The number of nitrogens with one attached hydrogen (secondary N) is 1. The number of aliphatic carboxylic acids is 1. The molecule has 31 heavy (non-hydrogen) atoms. The SMILES string of the molecule is COCCNC(=O)C[C@@H]1OC[C@H]2CN(Cc3ccc(C)o3)CC[C@H]21.O=C(O)C(F)(F)F. The maximum absolute atomic E-state index is 12.0. The number of carbonyl (C=O) groups is 2. The second-order valence-corrected chi connectivity index (χ2v) is 7.68. The number of hydrogen-bond acceptors (Lipinski definition) is 6. The first-order chi connectivity index (χ1) is 14.6. The van der Waals surface area contributed by atoms with Gasteiger partial charge >= 0.3 is 12.1 Å². The fraction of sp³-hybridized carbons (Fsp3) is 0.700. The Kier molecular flexibility index (Phi) is 9.32. The predicted octanol–water partition coefficient (Wildman–Crippen LogP) is 2.21. The van der Waals surface area contributed by atoms with Crippen LogP contribution in [0.2, 0.25) is 0 Å². The lowest BCUT2D eigenvalue weighted by atomic mass is 9.83. The Morgan fingerprint density at radius 2 is 2.06 bits per heavy atom. The van der Waals surface area contributed by atoms with E-state index >= 15 is 0 Å². The van der Waals surface area contributed by atoms with Gasteiger partial charge in [0.2, 0.25) is 5.91 Å². The predicted molar refractivity (Wildman–Crippen MR) is 103 cm³/mol. The van der Waals surface area contributed by atoms with Gasteiger partial charge < -0.3 is 24.3 Å². The molecule has 3 heterocycles. The van der Waals surface area contributed by atoms with E-state index < -0.39 is 12.1 Å². The number of ether oxygens (including phenoxy) is 2. The van der Waals surface area contributed by atoms with Crippen LogP contribution in [0.5, 0.6) is 0 Å². The second kappa shape index (κ2) is 11.5. The molecular formula is C20H29F3N2O6. The number of methoxy groups -OCH3 is 1. The van der Waals surface area contributed by atoms with Gasteiger partial charge in [-0.2, -0.15) is 13.2 Å². The Balaban J connectivity index is 0.000000423. The van der Waals surface area contributed by atoms with E-state index in [4.69, 9.17) is 23.8 Å². The highest BCUT2D eigenvalue weighted by Gasteiger charge is 2.41. The smallest absolute Gasteiger partial charge is 0.475 e. The summed E-state index contributed by atoms with van der Waals surface area (Å²) in [4.78, 5) is 23.3. The minimum Gasteiger partial charge on any atom is -0.475 e. The zero-order valence-corrected chi connectivity index (χ0v) is 17.6. The first-order valence-electron chi connectivity index (χ1n) is 10.0. The zero-order valence-electron chi connectivity index (χ0n) is 17.6. The lowest BCUT2D eigenvalue weighted by Gasteiger charge is -2.35. The molecule has 11 heteroatoms. The van der Waals surface area contributed by atoms with Crippen LogP contribution in [-0.2, 0) is 25.6 Å². The number of aryl methyl sites for hydroxylation is 1. The molecule has 2 N–H and O–H groups in total. The second-order valence-electron chi connectivity index (χ2n) is 7.68. The molecule has 2 fully saturated rings. The van der Waals surface area contributed by atoms with Crippen molar-refractivity contribution in [3.05, 3.63) is 23.7 Å². The van der Waals surface area contributed by atoms with Crippen molar-refractivity contribution in [2.24, 2.45) is 11.8 Å². The van der Waals surface area contributed by atoms with Crippen LogP contribution in [0, 0.1) is 18.8 Å². The molecule has 0 saturated carbocycles. The maximum Gasteiger partial charge on any atom is 0.490 e. The molecule has 0 aromatic carbocycles. The van der Waals surface area contributed by atoms with Crippen molar-refractivity contribution >= 4 is 11.9 Å². The number of carbonyl (C=O) groups excluding carboxylic acids is 1. The van der Waals surface area contributed by atoms with Gasteiger partial charge in [0.1, 0.15) is 11.5 Å². The molecule has 2 aliphatic rings. The van der Waals surface area contributed by atoms with Gasteiger partial charge in [-0.15, -0.1) is 0 Å². The van der Waals surface area contributed by atoms with E-state index in [1.165, 1.54) is 0 Å². The van der Waals surface area contributed by atoms with E-state index in [0.717, 1.165) is 44.2 Å². The monoisotopic (exact) mass is 450 g/mol. The fourth-order valence-corrected chi connectivity index (χ4v) is 3.85. The van der Waals surface area contributed by atoms with Crippen LogP contribution < -0.4 is 5.32 Å². The van der Waals surface area contributed by atoms with E-state index in [0.29, 0.717) is 31.4 Å². The highest BCUT2D eigenvalue weighted by Crippen LogP contribution is 2.36. The topological polar surface area (TPSA) is 101 Å². The highest BCUT2D eigenvalue weighted by atomic mass is 19.4. The molecule has 8 nitrogen and oxygen atoms in total. The summed E-state index contributed by atoms with van der Waals surface area (Å²) in [5.74, 6) is 0.306. The lowest BCUT2D eigenvalue weighted by molar-refractivity contribution is -0.192. The Bertz CT molecular complexity index is 724. The lowest BCUT2D eigenvalue weighted by Crippen LogP contribution is -2.42. The quantitative estimate of drug-likeness (QED) is 0.615. The number of rotatable bonds is 7. The first-order valence-corrected chi connectivity index (χ1v) is 10.0. The standard InChI is InChI=1S/C18H28N2O4.C2HF3O2/c1-13-3-4-15(24-13)11-20-7-5-16-14(10-20)12-23-17(16)9-18(21)19-6-8-22-2;3-2(4,5)1(6)7/h3-4,14,16-17H,5-12H2,1-2H3,(H,19,21);(H,6,7)/t14-,16-,17+;/m1./s1. The summed E-state index contributed by atoms with van der Waals surface area (Å²) >= 11 is 0. The number of likely N-dealkylation sites (tertiary alicyclic amines) is 1. The molecule has 0 bridgehead atoms. The average molecular weight is 450 g/mol. The zero-order chi connectivity index (χ0) is 23.0. The van der Waals surface area contributed by atoms with Gasteiger partial charge in [-0.3, -0.25) is 9.69 Å². The van der Waals surface area contributed by atoms with E-state index in [-0.39, 0.29) is 12.0 Å². The van der Waals surface area contributed by atoms with Gasteiger partial charge in [0.15, 0.2) is 0 Å². The van der Waals surface area contributed by atoms with Crippen LogP contribution >= 0.6 is 0 Å². The number of fused-ring (bicyclic) bond motifs is 1. The molecule has 2 aliphatic heterocycles. The number of carboxylic acids is 1. The molecule has 0 radical (unpaired) electrons. The van der Waals surface area contributed by atoms with Crippen molar-refractivity contribution in [1.82, 2.24) is 10.2 Å². The summed E-state index contributed by atoms with van der Waals surface area (Å²) < 4.78 is 48.3. The van der Waals surface area contributed by atoms with Crippen molar-refractivity contribution in [2.75, 3.05) is 40.0 Å². The van der Waals surface area contributed by atoms with Crippen LogP contribution in [0.3, 0.4) is 0 Å². The number of furan rings is 1. The number of piperidine rings is 1. The molecule has 2 saturated heterocycles. The number of carboxylic acid groups (broad SMARTS) is 1. The van der Waals surface area contributed by atoms with Gasteiger partial charge in [0, 0.05) is 26.1 Å². The molecular weight excluding hydrogens is 421 g/mol. The van der Waals surface area contributed by atoms with E-state index in [9.17, 15) is 18.0 Å². The Labute approximate surface area is 178 Å². The number of halogens is 3. The minimum absolute atomic E-state index is 0.0607. The van der Waals surface area contributed by atoms with E-state index in [2.05, 4.69) is 16.3 Å². The third kappa shape index (κ3) is 8.15. The van der Waals surface area contributed by atoms with Gasteiger partial charge in [-0.25, -0.2) is 4.79 Å². The average Bonchev–Trinajstić information content (AvgIpc) is 3.27. The van der Waals surface area contributed by atoms with Crippen LogP contribution in [0.1, 0.15) is 24.4 Å². The molecule has 3 rings (SSSR count). The third-order valence-electron chi connectivity index (χ3n) is 5.31. The molecule has 1 aromatic heterocycles. The van der Waals surface area contributed by atoms with Gasteiger partial charge in [0.25, 0.3) is 0 Å². The minimum atomic E-state index is -5.08. The van der Waals surface area contributed by atoms with E-state index in [1.54, 1.807) is 7.11 Å². The highest BCUT2D eigenvalue weighted by molar-refractivity contribution is 5.76. The maximum atomic E-state index is 12.0. The fourth-order valence-electron chi connectivity index (χ4n) is 3.85. The van der Waals surface area contributed by atoms with Crippen LogP contribution in [-0.4, -0.2) is 74.1 Å². The Morgan fingerprint density at radius 3 is 2.65 bits per heavy atom. The normalized spacial score (nSPS) is 23.6. The van der Waals surface area contributed by atoms with Crippen molar-refractivity contribution in [3.63, 3.8) is 0 Å². The van der Waals surface area contributed by atoms with Gasteiger partial charge in [-0.05, 0) is 37.9 Å². The largest absolute Gasteiger partial charge is 0.490 e. The van der Waals surface area contributed by atoms with Gasteiger partial charge in [0.05, 0.1) is 32.3 Å². The Hall–Kier alpha value is -2.11. The molecule has 176 valence electrons. The Morgan fingerprint density at radius 1 is 1.35 bits per heavy atom. The molecule has 3 atom stereocenters. The summed E-state index contributed by atoms with van der Waals surface area (Å²) in [6.45, 7) is 6.76. The van der Waals surface area contributed by atoms with Crippen molar-refractivity contribution < 1.29 is 41.8 Å². The summed E-state index contributed by atoms with van der Waals surface area (Å²) in [5.41, 5.74) is 0. The summed E-state index contributed by atoms with van der Waals surface area (Å²) in [5, 5.41) is 10.0. The molecule has 0 aliphatic carbocycles. The van der Waals surface area contributed by atoms with Crippen molar-refractivity contribution in [3.8, 4) is 0 Å². The van der Waals surface area contributed by atoms with Crippen LogP contribution in [0.4, 0.5) is 13.2 Å². The first kappa shape index (κ1) is 25.2. The van der Waals surface area contributed by atoms with Crippen LogP contribution in [0.25, 0.3) is 0 Å². The number of alkyl halides is 3. The molecule has 1 aromatic rings. The van der Waals surface area contributed by atoms with Crippen molar-refractivity contribution in [1.29, 1.82) is 0 Å². The summed E-state index contributed by atoms with van der Waals surface area (Å²) in [6.07, 6.45) is -3.48. The number of nitrogens with zero attached hydrogens (tertiary/aromatic N) is 1. The number of hydrogen-bond donors (Lipinski definition) is 2. The van der Waals surface area contributed by atoms with Crippen molar-refractivity contribution in [2.45, 2.75) is 38.6 Å². The summed E-state index contributed by atoms with van der Waals surface area (Å²) in [6, 6.07) is 4.07. The van der Waals surface area contributed by atoms with Gasteiger partial charge in [-0.1, -0.05) is 0 Å². The number of amides is 1. The van der Waals surface area contributed by atoms with Crippen LogP contribution in [0.15, 0.2) is 16.5 Å². The third-order valence-corrected chi connectivity index (χ3v) is 5.31. The van der Waals surface area contributed by atoms with E-state index in [1.807, 2.05) is 13.0 Å². The molecule has 0 spiro atoms. The molecule has 0 unspecified atom stereocenters. The summed E-state index contributed by atoms with van der Waals surface area (Å²) in [7, 11) is 1.63. The molecule has 1 amide bonds.